The zero-order valence-corrected chi connectivity index (χ0v) is 9.65. The Bertz CT molecular complexity index is 116. The summed E-state index contributed by atoms with van der Waals surface area (Å²) < 4.78 is 0. The Morgan fingerprint density at radius 1 is 1.25 bits per heavy atom. The lowest BCUT2D eigenvalue weighted by atomic mass is 9.86. The van der Waals surface area contributed by atoms with Gasteiger partial charge in [-0.05, 0) is 39.3 Å². The largest absolute Gasteiger partial charge is 0.304 e. The Hall–Kier alpha value is -0.0400. The molecule has 0 saturated carbocycles. The molecule has 0 unspecified atom stereocenters. The molecule has 0 aromatic heterocycles. The van der Waals surface area contributed by atoms with Gasteiger partial charge in [-0.1, -0.05) is 27.2 Å². The van der Waals surface area contributed by atoms with Gasteiger partial charge in [-0.3, -0.25) is 0 Å². The monoisotopic (exact) mass is 171 g/mol. The van der Waals surface area contributed by atoms with E-state index in [0.717, 1.165) is 0 Å². The van der Waals surface area contributed by atoms with Gasteiger partial charge in [0.15, 0.2) is 0 Å². The van der Waals surface area contributed by atoms with Crippen LogP contribution in [0.1, 0.15) is 47.5 Å². The molecule has 0 aliphatic rings. The topological polar surface area (TPSA) is 3.24 Å². The van der Waals surface area contributed by atoms with Gasteiger partial charge in [-0.2, -0.15) is 0 Å². The van der Waals surface area contributed by atoms with Crippen LogP contribution in [-0.2, 0) is 0 Å². The van der Waals surface area contributed by atoms with E-state index in [-0.39, 0.29) is 0 Å². The maximum absolute atomic E-state index is 2.41. The summed E-state index contributed by atoms with van der Waals surface area (Å²) in [5.74, 6) is 0. The first-order valence-corrected chi connectivity index (χ1v) is 5.09. The van der Waals surface area contributed by atoms with Crippen molar-refractivity contribution in [2.75, 3.05) is 13.6 Å². The number of rotatable bonds is 5. The minimum Gasteiger partial charge on any atom is -0.304 e. The van der Waals surface area contributed by atoms with E-state index in [1.54, 1.807) is 0 Å². The maximum Gasteiger partial charge on any atom is 0.00355 e. The maximum atomic E-state index is 2.41. The Morgan fingerprint density at radius 2 is 1.75 bits per heavy atom. The van der Waals surface area contributed by atoms with Gasteiger partial charge in [0.25, 0.3) is 0 Å². The molecule has 0 aromatic carbocycles. The van der Waals surface area contributed by atoms with E-state index >= 15 is 0 Å². The molecular weight excluding hydrogens is 146 g/mol. The number of nitrogens with zero attached hydrogens (tertiary/aromatic N) is 1. The SMILES string of the molecule is CCC(C)(C)CCN(C)C(C)C. The summed E-state index contributed by atoms with van der Waals surface area (Å²) in [4.78, 5) is 2.41. The zero-order valence-electron chi connectivity index (χ0n) is 9.65. The lowest BCUT2D eigenvalue weighted by molar-refractivity contribution is 0.213. The fourth-order valence-electron chi connectivity index (χ4n) is 0.914. The summed E-state index contributed by atoms with van der Waals surface area (Å²) in [5, 5.41) is 0. The first-order chi connectivity index (χ1) is 5.39. The lowest BCUT2D eigenvalue weighted by Crippen LogP contribution is -2.30. The molecule has 74 valence electrons. The second-order valence-electron chi connectivity index (χ2n) is 4.84. The van der Waals surface area contributed by atoms with E-state index in [0.29, 0.717) is 11.5 Å². The van der Waals surface area contributed by atoms with Crippen LogP contribution in [0.4, 0.5) is 0 Å². The Balaban J connectivity index is 3.67. The number of hydrogen-bond donors (Lipinski definition) is 0. The normalized spacial score (nSPS) is 13.0. The molecule has 0 fully saturated rings. The molecule has 0 saturated heterocycles. The average molecular weight is 171 g/mol. The van der Waals surface area contributed by atoms with Crippen LogP contribution in [0.15, 0.2) is 0 Å². The highest BCUT2D eigenvalue weighted by molar-refractivity contribution is 4.69. The van der Waals surface area contributed by atoms with Crippen LogP contribution in [0, 0.1) is 5.41 Å². The smallest absolute Gasteiger partial charge is 0.00355 e. The van der Waals surface area contributed by atoms with Crippen molar-refractivity contribution >= 4 is 0 Å². The van der Waals surface area contributed by atoms with Crippen molar-refractivity contribution in [2.24, 2.45) is 5.41 Å². The minimum absolute atomic E-state index is 0.517. The van der Waals surface area contributed by atoms with Gasteiger partial charge >= 0.3 is 0 Å². The second kappa shape index (κ2) is 4.86. The third kappa shape index (κ3) is 4.76. The van der Waals surface area contributed by atoms with Crippen molar-refractivity contribution in [3.8, 4) is 0 Å². The highest BCUT2D eigenvalue weighted by atomic mass is 15.1. The van der Waals surface area contributed by atoms with Crippen molar-refractivity contribution in [3.63, 3.8) is 0 Å². The Labute approximate surface area is 78.1 Å². The summed E-state index contributed by atoms with van der Waals surface area (Å²) in [5.41, 5.74) is 0.517. The van der Waals surface area contributed by atoms with Gasteiger partial charge in [-0.25, -0.2) is 0 Å². The molecule has 12 heavy (non-hydrogen) atoms. The third-order valence-corrected chi connectivity index (χ3v) is 2.98. The zero-order chi connectivity index (χ0) is 9.78. The molecule has 0 bridgehead atoms. The Morgan fingerprint density at radius 3 is 2.08 bits per heavy atom. The van der Waals surface area contributed by atoms with E-state index in [1.165, 1.54) is 19.4 Å². The van der Waals surface area contributed by atoms with Crippen LogP contribution >= 0.6 is 0 Å². The molecule has 0 rings (SSSR count). The van der Waals surface area contributed by atoms with E-state index in [4.69, 9.17) is 0 Å². The van der Waals surface area contributed by atoms with Gasteiger partial charge in [0.1, 0.15) is 0 Å². The van der Waals surface area contributed by atoms with Crippen LogP contribution in [0.3, 0.4) is 0 Å². The van der Waals surface area contributed by atoms with Gasteiger partial charge in [0, 0.05) is 6.04 Å². The van der Waals surface area contributed by atoms with Crippen molar-refractivity contribution in [1.29, 1.82) is 0 Å². The summed E-state index contributed by atoms with van der Waals surface area (Å²) in [7, 11) is 2.20. The fraction of sp³-hybridized carbons (Fsp3) is 1.00. The van der Waals surface area contributed by atoms with Crippen molar-refractivity contribution in [1.82, 2.24) is 4.90 Å². The second-order valence-corrected chi connectivity index (χ2v) is 4.84. The highest BCUT2D eigenvalue weighted by Crippen LogP contribution is 2.24. The predicted molar refractivity (Wildman–Crippen MR) is 56.5 cm³/mol. The fourth-order valence-corrected chi connectivity index (χ4v) is 0.914. The van der Waals surface area contributed by atoms with Crippen molar-refractivity contribution in [2.45, 2.75) is 53.5 Å². The van der Waals surface area contributed by atoms with Crippen molar-refractivity contribution < 1.29 is 0 Å². The molecule has 0 spiro atoms. The molecule has 1 nitrogen and oxygen atoms in total. The quantitative estimate of drug-likeness (QED) is 0.614. The van der Waals surface area contributed by atoms with E-state index in [1.807, 2.05) is 0 Å². The molecular formula is C11H25N. The molecule has 0 aromatic rings. The molecule has 0 atom stereocenters. The van der Waals surface area contributed by atoms with Gasteiger partial charge < -0.3 is 4.90 Å². The summed E-state index contributed by atoms with van der Waals surface area (Å²) in [6.45, 7) is 12.7. The van der Waals surface area contributed by atoms with Crippen LogP contribution in [-0.4, -0.2) is 24.5 Å². The summed E-state index contributed by atoms with van der Waals surface area (Å²) in [6.07, 6.45) is 2.58. The lowest BCUT2D eigenvalue weighted by Gasteiger charge is -2.28. The molecule has 1 heteroatoms. The molecule has 0 radical (unpaired) electrons. The van der Waals surface area contributed by atoms with Crippen LogP contribution in [0.25, 0.3) is 0 Å². The molecule has 0 aliphatic carbocycles. The van der Waals surface area contributed by atoms with Gasteiger partial charge in [0.05, 0.1) is 0 Å². The van der Waals surface area contributed by atoms with Crippen LogP contribution in [0.5, 0.6) is 0 Å². The molecule has 0 aliphatic heterocycles. The third-order valence-electron chi connectivity index (χ3n) is 2.98. The van der Waals surface area contributed by atoms with E-state index in [2.05, 4.69) is 46.6 Å². The van der Waals surface area contributed by atoms with Gasteiger partial charge in [0.2, 0.25) is 0 Å². The molecule has 0 N–H and O–H groups in total. The van der Waals surface area contributed by atoms with Crippen LogP contribution in [0.2, 0.25) is 0 Å². The average Bonchev–Trinajstić information content (AvgIpc) is 2.00. The highest BCUT2D eigenvalue weighted by Gasteiger charge is 2.16. The summed E-state index contributed by atoms with van der Waals surface area (Å²) in [6, 6.07) is 0.678. The standard InChI is InChI=1S/C11H25N/c1-7-11(4,5)8-9-12(6)10(2)3/h10H,7-9H2,1-6H3. The molecule has 0 heterocycles. The van der Waals surface area contributed by atoms with Crippen LogP contribution < -0.4 is 0 Å². The summed E-state index contributed by atoms with van der Waals surface area (Å²) >= 11 is 0. The van der Waals surface area contributed by atoms with Crippen molar-refractivity contribution in [3.05, 3.63) is 0 Å². The van der Waals surface area contributed by atoms with E-state index in [9.17, 15) is 0 Å². The first kappa shape index (κ1) is 12.0. The minimum atomic E-state index is 0.517. The molecule has 0 amide bonds. The van der Waals surface area contributed by atoms with E-state index < -0.39 is 0 Å². The number of hydrogen-bond acceptors (Lipinski definition) is 1. The Kier molecular flexibility index (Phi) is 4.84. The van der Waals surface area contributed by atoms with Gasteiger partial charge in [-0.15, -0.1) is 0 Å². The first-order valence-electron chi connectivity index (χ1n) is 5.09. The predicted octanol–water partition coefficient (Wildman–Crippen LogP) is 3.15.